The highest BCUT2D eigenvalue weighted by atomic mass is 16.4. The Kier molecular flexibility index (Phi) is 6.21. The first kappa shape index (κ1) is 19.1. The molecule has 27 heavy (non-hydrogen) atoms. The Labute approximate surface area is 159 Å². The van der Waals surface area contributed by atoms with Gasteiger partial charge in [-0.15, -0.1) is 0 Å². The van der Waals surface area contributed by atoms with Crippen molar-refractivity contribution < 1.29 is 9.90 Å². The van der Waals surface area contributed by atoms with Gasteiger partial charge in [0.05, 0.1) is 5.56 Å². The van der Waals surface area contributed by atoms with Crippen molar-refractivity contribution in [2.45, 2.75) is 19.4 Å². The SMILES string of the molecule is N=C(N)c1cccc(-c2c(CNCC3CCNCC3)cccc2C(=O)O)c1. The van der Waals surface area contributed by atoms with Gasteiger partial charge in [-0.3, -0.25) is 5.41 Å². The van der Waals surface area contributed by atoms with Crippen molar-refractivity contribution in [3.63, 3.8) is 0 Å². The molecular weight excluding hydrogens is 340 g/mol. The van der Waals surface area contributed by atoms with Crippen LogP contribution < -0.4 is 16.4 Å². The van der Waals surface area contributed by atoms with Crippen LogP contribution in [-0.2, 0) is 6.54 Å². The Morgan fingerprint density at radius 2 is 1.96 bits per heavy atom. The number of carboxylic acids is 1. The summed E-state index contributed by atoms with van der Waals surface area (Å²) in [4.78, 5) is 11.8. The zero-order valence-electron chi connectivity index (χ0n) is 15.3. The standard InChI is InChI=1S/C21H26N4O2/c22-20(23)16-4-1-3-15(11-16)19-17(5-2-6-18(19)21(26)27)13-25-12-14-7-9-24-10-8-14/h1-6,11,14,24-25H,7-10,12-13H2,(H3,22,23)(H,26,27). The van der Waals surface area contributed by atoms with E-state index in [1.165, 1.54) is 0 Å². The van der Waals surface area contributed by atoms with Crippen molar-refractivity contribution in [2.75, 3.05) is 19.6 Å². The molecule has 0 radical (unpaired) electrons. The van der Waals surface area contributed by atoms with Crippen molar-refractivity contribution >= 4 is 11.8 Å². The van der Waals surface area contributed by atoms with Gasteiger partial charge in [0.1, 0.15) is 5.84 Å². The van der Waals surface area contributed by atoms with Crippen LogP contribution in [0.15, 0.2) is 42.5 Å². The monoisotopic (exact) mass is 366 g/mol. The van der Waals surface area contributed by atoms with Gasteiger partial charge in [-0.25, -0.2) is 4.79 Å². The van der Waals surface area contributed by atoms with Gasteiger partial charge in [-0.05, 0) is 61.7 Å². The first-order valence-electron chi connectivity index (χ1n) is 9.27. The minimum absolute atomic E-state index is 0.0322. The van der Waals surface area contributed by atoms with Gasteiger partial charge < -0.3 is 21.5 Å². The average molecular weight is 366 g/mol. The van der Waals surface area contributed by atoms with Gasteiger partial charge in [-0.1, -0.05) is 30.3 Å². The molecule has 2 aromatic carbocycles. The highest BCUT2D eigenvalue weighted by Gasteiger charge is 2.17. The number of carbonyl (C=O) groups is 1. The minimum atomic E-state index is -0.960. The molecule has 1 aliphatic rings. The molecule has 0 aliphatic carbocycles. The smallest absolute Gasteiger partial charge is 0.336 e. The van der Waals surface area contributed by atoms with Gasteiger partial charge in [0.15, 0.2) is 0 Å². The normalized spacial score (nSPS) is 14.8. The molecule has 0 atom stereocenters. The zero-order chi connectivity index (χ0) is 19.2. The van der Waals surface area contributed by atoms with Gasteiger partial charge in [0.25, 0.3) is 0 Å². The van der Waals surface area contributed by atoms with Crippen LogP contribution >= 0.6 is 0 Å². The molecule has 1 heterocycles. The predicted molar refractivity (Wildman–Crippen MR) is 107 cm³/mol. The maximum Gasteiger partial charge on any atom is 0.336 e. The van der Waals surface area contributed by atoms with E-state index in [0.29, 0.717) is 23.6 Å². The lowest BCUT2D eigenvalue weighted by atomic mass is 9.92. The second-order valence-corrected chi connectivity index (χ2v) is 6.96. The number of nitrogens with one attached hydrogen (secondary N) is 3. The van der Waals surface area contributed by atoms with E-state index in [-0.39, 0.29) is 11.4 Å². The highest BCUT2D eigenvalue weighted by molar-refractivity contribution is 5.99. The quantitative estimate of drug-likeness (QED) is 0.382. The fourth-order valence-corrected chi connectivity index (χ4v) is 3.61. The maximum absolute atomic E-state index is 11.8. The molecule has 6 nitrogen and oxygen atoms in total. The molecule has 0 saturated carbocycles. The Bertz CT molecular complexity index is 829. The number of benzene rings is 2. The fraction of sp³-hybridized carbons (Fsp3) is 0.333. The fourth-order valence-electron chi connectivity index (χ4n) is 3.61. The summed E-state index contributed by atoms with van der Waals surface area (Å²) in [6.07, 6.45) is 2.32. The molecule has 1 aliphatic heterocycles. The Morgan fingerprint density at radius 3 is 2.67 bits per heavy atom. The summed E-state index contributed by atoms with van der Waals surface area (Å²) in [6, 6.07) is 12.6. The first-order chi connectivity index (χ1) is 13.1. The van der Waals surface area contributed by atoms with E-state index >= 15 is 0 Å². The number of nitrogens with two attached hydrogens (primary N) is 1. The Morgan fingerprint density at radius 1 is 1.22 bits per heavy atom. The highest BCUT2D eigenvalue weighted by Crippen LogP contribution is 2.29. The molecule has 0 amide bonds. The topological polar surface area (TPSA) is 111 Å². The molecular formula is C21H26N4O2. The first-order valence-corrected chi connectivity index (χ1v) is 9.27. The van der Waals surface area contributed by atoms with E-state index < -0.39 is 5.97 Å². The number of aromatic carboxylic acids is 1. The van der Waals surface area contributed by atoms with Gasteiger partial charge in [0, 0.05) is 17.7 Å². The maximum atomic E-state index is 11.8. The van der Waals surface area contributed by atoms with E-state index in [0.717, 1.165) is 43.6 Å². The molecule has 0 aromatic heterocycles. The third kappa shape index (κ3) is 4.72. The van der Waals surface area contributed by atoms with Crippen LogP contribution in [0.3, 0.4) is 0 Å². The molecule has 2 aromatic rings. The molecule has 6 N–H and O–H groups in total. The molecule has 0 unspecified atom stereocenters. The summed E-state index contributed by atoms with van der Waals surface area (Å²) in [5.41, 5.74) is 8.84. The van der Waals surface area contributed by atoms with E-state index in [9.17, 15) is 9.90 Å². The van der Waals surface area contributed by atoms with Crippen LogP contribution in [0.1, 0.15) is 34.3 Å². The van der Waals surface area contributed by atoms with Crippen molar-refractivity contribution in [3.8, 4) is 11.1 Å². The lowest BCUT2D eigenvalue weighted by Gasteiger charge is -2.23. The molecule has 1 fully saturated rings. The van der Waals surface area contributed by atoms with E-state index in [4.69, 9.17) is 11.1 Å². The third-order valence-corrected chi connectivity index (χ3v) is 5.05. The molecule has 0 bridgehead atoms. The van der Waals surface area contributed by atoms with Crippen molar-refractivity contribution in [1.82, 2.24) is 10.6 Å². The number of rotatable bonds is 7. The molecule has 1 saturated heterocycles. The number of piperidine rings is 1. The number of hydrogen-bond acceptors (Lipinski definition) is 4. The zero-order valence-corrected chi connectivity index (χ0v) is 15.3. The summed E-state index contributed by atoms with van der Waals surface area (Å²) >= 11 is 0. The van der Waals surface area contributed by atoms with Crippen LogP contribution in [0.2, 0.25) is 0 Å². The van der Waals surface area contributed by atoms with Gasteiger partial charge in [-0.2, -0.15) is 0 Å². The second kappa shape index (κ2) is 8.79. The summed E-state index contributed by atoms with van der Waals surface area (Å²) in [5.74, 6) is -0.341. The van der Waals surface area contributed by atoms with E-state index in [2.05, 4.69) is 10.6 Å². The van der Waals surface area contributed by atoms with Gasteiger partial charge in [0.2, 0.25) is 0 Å². The number of carboxylic acid groups (broad SMARTS) is 1. The predicted octanol–water partition coefficient (Wildman–Crippen LogP) is 2.43. The Hall–Kier alpha value is -2.70. The Balaban J connectivity index is 1.87. The lowest BCUT2D eigenvalue weighted by Crippen LogP contribution is -2.33. The summed E-state index contributed by atoms with van der Waals surface area (Å²) < 4.78 is 0. The number of hydrogen-bond donors (Lipinski definition) is 5. The van der Waals surface area contributed by atoms with Crippen molar-refractivity contribution in [1.29, 1.82) is 5.41 Å². The van der Waals surface area contributed by atoms with Crippen molar-refractivity contribution in [2.24, 2.45) is 11.7 Å². The third-order valence-electron chi connectivity index (χ3n) is 5.05. The van der Waals surface area contributed by atoms with Crippen molar-refractivity contribution in [3.05, 3.63) is 59.2 Å². The largest absolute Gasteiger partial charge is 0.478 e. The van der Waals surface area contributed by atoms with Crippen LogP contribution in [0.5, 0.6) is 0 Å². The van der Waals surface area contributed by atoms with E-state index in [1.807, 2.05) is 12.1 Å². The molecule has 6 heteroatoms. The van der Waals surface area contributed by atoms with Crippen LogP contribution in [-0.4, -0.2) is 36.5 Å². The molecule has 3 rings (SSSR count). The minimum Gasteiger partial charge on any atom is -0.478 e. The van der Waals surface area contributed by atoms with E-state index in [1.54, 1.807) is 30.3 Å². The van der Waals surface area contributed by atoms with Crippen LogP contribution in [0.25, 0.3) is 11.1 Å². The number of nitrogen functional groups attached to an aromatic ring is 1. The van der Waals surface area contributed by atoms with Crippen LogP contribution in [0, 0.1) is 11.3 Å². The van der Waals surface area contributed by atoms with Crippen LogP contribution in [0.4, 0.5) is 0 Å². The molecule has 142 valence electrons. The lowest BCUT2D eigenvalue weighted by molar-refractivity contribution is 0.0697. The summed E-state index contributed by atoms with van der Waals surface area (Å²) in [7, 11) is 0. The van der Waals surface area contributed by atoms with Gasteiger partial charge >= 0.3 is 5.97 Å². The summed E-state index contributed by atoms with van der Waals surface area (Å²) in [5, 5.41) is 24.2. The summed E-state index contributed by atoms with van der Waals surface area (Å²) in [6.45, 7) is 3.64. The number of amidine groups is 1. The average Bonchev–Trinajstić information content (AvgIpc) is 2.68. The second-order valence-electron chi connectivity index (χ2n) is 6.96. The molecule has 0 spiro atoms.